The highest BCUT2D eigenvalue weighted by atomic mass is 79.9. The molecular weight excluding hydrogens is 292 g/mol. The maximum atomic E-state index is 12.3. The Morgan fingerprint density at radius 2 is 2.00 bits per heavy atom. The molecule has 18 heavy (non-hydrogen) atoms. The molecule has 1 aromatic carbocycles. The lowest BCUT2D eigenvalue weighted by atomic mass is 9.95. The molecule has 1 fully saturated rings. The van der Waals surface area contributed by atoms with E-state index >= 15 is 0 Å². The predicted octanol–water partition coefficient (Wildman–Crippen LogP) is 3.40. The number of nitrogens with two attached hydrogens (primary N) is 1. The lowest BCUT2D eigenvalue weighted by molar-refractivity contribution is 0.0927. The number of amides is 1. The normalized spacial score (nSPS) is 16.6. The summed E-state index contributed by atoms with van der Waals surface area (Å²) in [5.41, 5.74) is 8.06. The molecule has 3 N–H and O–H groups in total. The van der Waals surface area contributed by atoms with Crippen molar-refractivity contribution in [1.82, 2.24) is 5.32 Å². The maximum Gasteiger partial charge on any atom is 0.251 e. The minimum Gasteiger partial charge on any atom is -0.398 e. The number of nitrogens with one attached hydrogen (secondary N) is 1. The quantitative estimate of drug-likeness (QED) is 0.823. The smallest absolute Gasteiger partial charge is 0.251 e. The molecule has 0 unspecified atom stereocenters. The molecule has 0 aromatic heterocycles. The molecule has 0 atom stereocenters. The van der Waals surface area contributed by atoms with Gasteiger partial charge in [-0.3, -0.25) is 4.79 Å². The number of carbonyl (C=O) groups excluding carboxylic acids is 1. The van der Waals surface area contributed by atoms with E-state index in [-0.39, 0.29) is 5.91 Å². The van der Waals surface area contributed by atoms with Crippen LogP contribution in [0.4, 0.5) is 5.69 Å². The largest absolute Gasteiger partial charge is 0.398 e. The molecule has 0 aliphatic heterocycles. The second kappa shape index (κ2) is 5.74. The van der Waals surface area contributed by atoms with E-state index in [0.717, 1.165) is 22.9 Å². The topological polar surface area (TPSA) is 55.1 Å². The molecule has 1 aliphatic carbocycles. The second-order valence-corrected chi connectivity index (χ2v) is 5.89. The SMILES string of the molecule is Cc1c(N)cc(Br)cc1C(=O)NC1CCCCC1. The minimum atomic E-state index is -0.00704. The average Bonchev–Trinajstić information content (AvgIpc) is 2.35. The standard InChI is InChI=1S/C14H19BrN2O/c1-9-12(7-10(15)8-13(9)16)14(18)17-11-5-3-2-4-6-11/h7-8,11H,2-6,16H2,1H3,(H,17,18). The van der Waals surface area contributed by atoms with Crippen molar-refractivity contribution < 1.29 is 4.79 Å². The highest BCUT2D eigenvalue weighted by Crippen LogP contribution is 2.24. The molecule has 1 saturated carbocycles. The molecule has 3 nitrogen and oxygen atoms in total. The summed E-state index contributed by atoms with van der Waals surface area (Å²) in [4.78, 5) is 12.3. The summed E-state index contributed by atoms with van der Waals surface area (Å²) in [5.74, 6) is -0.00704. The zero-order valence-electron chi connectivity index (χ0n) is 10.6. The van der Waals surface area contributed by atoms with Crippen molar-refractivity contribution in [2.45, 2.75) is 45.1 Å². The van der Waals surface area contributed by atoms with Crippen molar-refractivity contribution in [2.75, 3.05) is 5.73 Å². The van der Waals surface area contributed by atoms with Crippen LogP contribution in [-0.4, -0.2) is 11.9 Å². The van der Waals surface area contributed by atoms with Crippen LogP contribution in [0.15, 0.2) is 16.6 Å². The first kappa shape index (κ1) is 13.4. The first-order valence-corrected chi connectivity index (χ1v) is 7.23. The first-order valence-electron chi connectivity index (χ1n) is 6.44. The molecule has 0 bridgehead atoms. The predicted molar refractivity (Wildman–Crippen MR) is 77.6 cm³/mol. The van der Waals surface area contributed by atoms with Crippen molar-refractivity contribution in [3.8, 4) is 0 Å². The van der Waals surface area contributed by atoms with Gasteiger partial charge in [-0.25, -0.2) is 0 Å². The third-order valence-electron chi connectivity index (χ3n) is 3.60. The first-order chi connectivity index (χ1) is 8.58. The van der Waals surface area contributed by atoms with Gasteiger partial charge in [0.05, 0.1) is 0 Å². The van der Waals surface area contributed by atoms with E-state index in [1.807, 2.05) is 19.1 Å². The Bertz CT molecular complexity index is 453. The number of hydrogen-bond acceptors (Lipinski definition) is 2. The molecule has 0 saturated heterocycles. The van der Waals surface area contributed by atoms with Crippen LogP contribution in [0.1, 0.15) is 48.0 Å². The molecule has 0 radical (unpaired) electrons. The fourth-order valence-electron chi connectivity index (χ4n) is 2.45. The van der Waals surface area contributed by atoms with Crippen molar-refractivity contribution in [1.29, 1.82) is 0 Å². The zero-order chi connectivity index (χ0) is 13.1. The van der Waals surface area contributed by atoms with E-state index < -0.39 is 0 Å². The summed E-state index contributed by atoms with van der Waals surface area (Å²) < 4.78 is 0.847. The van der Waals surface area contributed by atoms with Crippen molar-refractivity contribution in [3.63, 3.8) is 0 Å². The van der Waals surface area contributed by atoms with Gasteiger partial charge in [0, 0.05) is 21.8 Å². The Kier molecular flexibility index (Phi) is 4.27. The molecule has 2 rings (SSSR count). The highest BCUT2D eigenvalue weighted by molar-refractivity contribution is 9.10. The summed E-state index contributed by atoms with van der Waals surface area (Å²) in [6.45, 7) is 1.89. The van der Waals surface area contributed by atoms with Gasteiger partial charge in [-0.2, -0.15) is 0 Å². The van der Waals surface area contributed by atoms with Gasteiger partial charge in [0.15, 0.2) is 0 Å². The summed E-state index contributed by atoms with van der Waals surface area (Å²) in [7, 11) is 0. The average molecular weight is 311 g/mol. The Hall–Kier alpha value is -1.03. The Balaban J connectivity index is 2.13. The van der Waals surface area contributed by atoms with Gasteiger partial charge in [-0.05, 0) is 37.5 Å². The van der Waals surface area contributed by atoms with E-state index in [1.54, 1.807) is 0 Å². The number of hydrogen-bond donors (Lipinski definition) is 2. The Morgan fingerprint density at radius 1 is 1.33 bits per heavy atom. The van der Waals surface area contributed by atoms with Crippen LogP contribution in [0.5, 0.6) is 0 Å². The maximum absolute atomic E-state index is 12.3. The van der Waals surface area contributed by atoms with Crippen LogP contribution in [-0.2, 0) is 0 Å². The number of halogens is 1. The van der Waals surface area contributed by atoms with Crippen LogP contribution in [0.25, 0.3) is 0 Å². The van der Waals surface area contributed by atoms with E-state index in [2.05, 4.69) is 21.2 Å². The monoisotopic (exact) mass is 310 g/mol. The van der Waals surface area contributed by atoms with Gasteiger partial charge in [-0.15, -0.1) is 0 Å². The van der Waals surface area contributed by atoms with Crippen molar-refractivity contribution >= 4 is 27.5 Å². The summed E-state index contributed by atoms with van der Waals surface area (Å²) in [6, 6.07) is 3.99. The third kappa shape index (κ3) is 3.05. The van der Waals surface area contributed by atoms with Crippen molar-refractivity contribution in [2.24, 2.45) is 0 Å². The van der Waals surface area contributed by atoms with Gasteiger partial charge in [0.1, 0.15) is 0 Å². The summed E-state index contributed by atoms with van der Waals surface area (Å²) >= 11 is 3.38. The summed E-state index contributed by atoms with van der Waals surface area (Å²) in [6.07, 6.45) is 5.90. The fraction of sp³-hybridized carbons (Fsp3) is 0.500. The zero-order valence-corrected chi connectivity index (χ0v) is 12.2. The van der Waals surface area contributed by atoms with Crippen molar-refractivity contribution in [3.05, 3.63) is 27.7 Å². The highest BCUT2D eigenvalue weighted by Gasteiger charge is 2.18. The fourth-order valence-corrected chi connectivity index (χ4v) is 2.92. The molecule has 98 valence electrons. The molecule has 1 aromatic rings. The van der Waals surface area contributed by atoms with Crippen LogP contribution in [0, 0.1) is 6.92 Å². The molecule has 1 aliphatic rings. The van der Waals surface area contributed by atoms with Crippen LogP contribution in [0.2, 0.25) is 0 Å². The minimum absolute atomic E-state index is 0.00704. The molecule has 0 heterocycles. The van der Waals surface area contributed by atoms with Gasteiger partial charge in [0.25, 0.3) is 5.91 Å². The Labute approximate surface area is 116 Å². The number of benzene rings is 1. The van der Waals surface area contributed by atoms with Gasteiger partial charge in [-0.1, -0.05) is 35.2 Å². The second-order valence-electron chi connectivity index (χ2n) is 4.98. The number of rotatable bonds is 2. The van der Waals surface area contributed by atoms with Gasteiger partial charge in [0.2, 0.25) is 0 Å². The molecule has 0 spiro atoms. The number of carbonyl (C=O) groups is 1. The number of nitrogen functional groups attached to an aromatic ring is 1. The van der Waals surface area contributed by atoms with Crippen LogP contribution < -0.4 is 11.1 Å². The van der Waals surface area contributed by atoms with Crippen LogP contribution in [0.3, 0.4) is 0 Å². The van der Waals surface area contributed by atoms with Crippen LogP contribution >= 0.6 is 15.9 Å². The lowest BCUT2D eigenvalue weighted by Crippen LogP contribution is -2.36. The van der Waals surface area contributed by atoms with E-state index in [1.165, 1.54) is 19.3 Å². The molecule has 1 amide bonds. The van der Waals surface area contributed by atoms with E-state index in [9.17, 15) is 4.79 Å². The summed E-state index contributed by atoms with van der Waals surface area (Å²) in [5, 5.41) is 3.12. The molecular formula is C14H19BrN2O. The molecule has 4 heteroatoms. The van der Waals surface area contributed by atoms with Gasteiger partial charge < -0.3 is 11.1 Å². The number of anilines is 1. The van der Waals surface area contributed by atoms with Gasteiger partial charge >= 0.3 is 0 Å². The van der Waals surface area contributed by atoms with E-state index in [4.69, 9.17) is 5.73 Å². The Morgan fingerprint density at radius 3 is 2.67 bits per heavy atom. The van der Waals surface area contributed by atoms with E-state index in [0.29, 0.717) is 17.3 Å². The lowest BCUT2D eigenvalue weighted by Gasteiger charge is -2.23. The third-order valence-corrected chi connectivity index (χ3v) is 4.06.